The van der Waals surface area contributed by atoms with Crippen LogP contribution in [0.25, 0.3) is 0 Å². The summed E-state index contributed by atoms with van der Waals surface area (Å²) in [6.07, 6.45) is -0.958. The minimum Gasteiger partial charge on any atom is -0.496 e. The van der Waals surface area contributed by atoms with Gasteiger partial charge in [0.1, 0.15) is 11.5 Å². The summed E-state index contributed by atoms with van der Waals surface area (Å²) in [5.41, 5.74) is 1.07. The van der Waals surface area contributed by atoms with E-state index in [1.807, 2.05) is 0 Å². The number of benzene rings is 1. The van der Waals surface area contributed by atoms with Crippen LogP contribution in [0.15, 0.2) is 23.3 Å². The highest BCUT2D eigenvalue weighted by Gasteiger charge is 2.43. The van der Waals surface area contributed by atoms with Crippen molar-refractivity contribution in [1.29, 1.82) is 0 Å². The molecule has 1 aliphatic heterocycles. The molecule has 0 saturated heterocycles. The lowest BCUT2D eigenvalue weighted by molar-refractivity contribution is -0.144. The SMILES string of the molecule is COC(=O)C[C@@H]1CC2=C(C(=O)c3c(OC)ccc(OC)c3C2=O)[C@H](C)O1. The fraction of sp³-hybridized carbons (Fsp3) is 0.421. The largest absolute Gasteiger partial charge is 0.496 e. The van der Waals surface area contributed by atoms with Crippen molar-refractivity contribution in [2.75, 3.05) is 21.3 Å². The van der Waals surface area contributed by atoms with Gasteiger partial charge in [-0.15, -0.1) is 0 Å². The smallest absolute Gasteiger partial charge is 0.308 e. The number of Topliss-reactive ketones (excluding diaryl/α,β-unsaturated/α-hetero) is 2. The van der Waals surface area contributed by atoms with Gasteiger partial charge in [0.15, 0.2) is 11.6 Å². The van der Waals surface area contributed by atoms with Crippen molar-refractivity contribution >= 4 is 17.5 Å². The molecule has 0 fully saturated rings. The van der Waals surface area contributed by atoms with Crippen molar-refractivity contribution < 1.29 is 33.3 Å². The van der Waals surface area contributed by atoms with Crippen LogP contribution in [0.1, 0.15) is 40.5 Å². The van der Waals surface area contributed by atoms with E-state index in [4.69, 9.17) is 14.2 Å². The Kier molecular flexibility index (Phi) is 4.82. The maximum atomic E-state index is 13.2. The van der Waals surface area contributed by atoms with Crippen molar-refractivity contribution in [2.45, 2.75) is 32.0 Å². The van der Waals surface area contributed by atoms with Crippen molar-refractivity contribution in [3.63, 3.8) is 0 Å². The first-order valence-electron chi connectivity index (χ1n) is 8.22. The molecule has 7 nitrogen and oxygen atoms in total. The lowest BCUT2D eigenvalue weighted by atomic mass is 9.77. The van der Waals surface area contributed by atoms with Crippen LogP contribution in [0.4, 0.5) is 0 Å². The molecule has 26 heavy (non-hydrogen) atoms. The number of esters is 1. The molecule has 0 radical (unpaired) electrons. The molecular formula is C19H20O7. The minimum absolute atomic E-state index is 0.0151. The zero-order valence-corrected chi connectivity index (χ0v) is 15.1. The normalized spacial score (nSPS) is 21.8. The maximum absolute atomic E-state index is 13.2. The number of carbonyl (C=O) groups is 3. The van der Waals surface area contributed by atoms with Gasteiger partial charge < -0.3 is 18.9 Å². The van der Waals surface area contributed by atoms with Crippen LogP contribution >= 0.6 is 0 Å². The molecule has 1 aliphatic carbocycles. The lowest BCUT2D eigenvalue weighted by Gasteiger charge is -2.34. The standard InChI is InChI=1S/C19H20O7/c1-9-15-11(7-10(26-9)8-14(20)25-4)18(21)16-12(23-2)5-6-13(24-3)17(16)19(15)22/h5-6,9-10H,7-8H2,1-4H3/t9-,10-/m0/s1. The number of fused-ring (bicyclic) bond motifs is 1. The summed E-state index contributed by atoms with van der Waals surface area (Å²) in [6, 6.07) is 3.20. The van der Waals surface area contributed by atoms with E-state index < -0.39 is 18.2 Å². The van der Waals surface area contributed by atoms with Crippen molar-refractivity contribution in [3.05, 3.63) is 34.4 Å². The Morgan fingerprint density at radius 1 is 1.08 bits per heavy atom. The van der Waals surface area contributed by atoms with Gasteiger partial charge in [-0.05, 0) is 19.1 Å². The van der Waals surface area contributed by atoms with Gasteiger partial charge in [0.25, 0.3) is 0 Å². The number of ether oxygens (including phenoxy) is 4. The molecule has 0 unspecified atom stereocenters. The molecule has 0 saturated carbocycles. The van der Waals surface area contributed by atoms with E-state index in [9.17, 15) is 14.4 Å². The second-order valence-corrected chi connectivity index (χ2v) is 6.16. The summed E-state index contributed by atoms with van der Waals surface area (Å²) in [6.45, 7) is 1.70. The Bertz CT molecular complexity index is 821. The van der Waals surface area contributed by atoms with E-state index in [1.165, 1.54) is 21.3 Å². The van der Waals surface area contributed by atoms with E-state index in [0.717, 1.165) is 0 Å². The first-order valence-corrected chi connectivity index (χ1v) is 8.22. The van der Waals surface area contributed by atoms with Gasteiger partial charge in [-0.1, -0.05) is 0 Å². The zero-order valence-electron chi connectivity index (χ0n) is 15.1. The monoisotopic (exact) mass is 360 g/mol. The molecule has 2 atom stereocenters. The number of methoxy groups -OCH3 is 3. The van der Waals surface area contributed by atoms with Crippen LogP contribution in [0.2, 0.25) is 0 Å². The third kappa shape index (κ3) is 2.78. The fourth-order valence-electron chi connectivity index (χ4n) is 3.56. The summed E-state index contributed by atoms with van der Waals surface area (Å²) in [5, 5.41) is 0. The molecule has 1 aromatic rings. The van der Waals surface area contributed by atoms with Gasteiger partial charge in [-0.2, -0.15) is 0 Å². The maximum Gasteiger partial charge on any atom is 0.308 e. The molecule has 7 heteroatoms. The Morgan fingerprint density at radius 3 is 2.19 bits per heavy atom. The molecule has 3 rings (SSSR count). The Morgan fingerprint density at radius 2 is 1.65 bits per heavy atom. The third-order valence-corrected chi connectivity index (χ3v) is 4.72. The minimum atomic E-state index is -0.617. The van der Waals surface area contributed by atoms with Gasteiger partial charge >= 0.3 is 5.97 Å². The zero-order chi connectivity index (χ0) is 19.0. The molecule has 1 aromatic carbocycles. The van der Waals surface area contributed by atoms with Crippen LogP contribution in [0, 0.1) is 0 Å². The van der Waals surface area contributed by atoms with E-state index in [0.29, 0.717) is 22.6 Å². The quantitative estimate of drug-likeness (QED) is 0.760. The van der Waals surface area contributed by atoms with E-state index in [-0.39, 0.29) is 35.5 Å². The predicted molar refractivity (Wildman–Crippen MR) is 90.8 cm³/mol. The van der Waals surface area contributed by atoms with E-state index >= 15 is 0 Å². The van der Waals surface area contributed by atoms with Crippen LogP contribution in [0.3, 0.4) is 0 Å². The van der Waals surface area contributed by atoms with Crippen LogP contribution in [-0.4, -0.2) is 51.1 Å². The Labute approximate surface area is 150 Å². The Hall–Kier alpha value is -2.67. The highest BCUT2D eigenvalue weighted by molar-refractivity contribution is 6.29. The van der Waals surface area contributed by atoms with E-state index in [1.54, 1.807) is 19.1 Å². The van der Waals surface area contributed by atoms with Crippen molar-refractivity contribution in [3.8, 4) is 11.5 Å². The van der Waals surface area contributed by atoms with Gasteiger partial charge in [0.05, 0.1) is 51.1 Å². The average Bonchev–Trinajstić information content (AvgIpc) is 2.64. The Balaban J connectivity index is 2.10. The summed E-state index contributed by atoms with van der Waals surface area (Å²) < 4.78 is 21.0. The van der Waals surface area contributed by atoms with Crippen molar-refractivity contribution in [2.24, 2.45) is 0 Å². The molecule has 0 spiro atoms. The van der Waals surface area contributed by atoms with Crippen LogP contribution < -0.4 is 9.47 Å². The summed E-state index contributed by atoms with van der Waals surface area (Å²) in [5.74, 6) is -0.408. The van der Waals surface area contributed by atoms with Gasteiger partial charge in [0.2, 0.25) is 0 Å². The summed E-state index contributed by atoms with van der Waals surface area (Å²) in [4.78, 5) is 37.9. The predicted octanol–water partition coefficient (Wildman–Crippen LogP) is 2.12. The van der Waals surface area contributed by atoms with Gasteiger partial charge in [0, 0.05) is 17.6 Å². The molecule has 0 amide bonds. The van der Waals surface area contributed by atoms with Crippen molar-refractivity contribution in [1.82, 2.24) is 0 Å². The topological polar surface area (TPSA) is 88.1 Å². The molecule has 138 valence electrons. The van der Waals surface area contributed by atoms with Gasteiger partial charge in [-0.25, -0.2) is 0 Å². The van der Waals surface area contributed by atoms with Gasteiger partial charge in [-0.3, -0.25) is 14.4 Å². The number of hydrogen-bond acceptors (Lipinski definition) is 7. The third-order valence-electron chi connectivity index (χ3n) is 4.72. The number of rotatable bonds is 4. The first kappa shape index (κ1) is 18.1. The highest BCUT2D eigenvalue weighted by Crippen LogP contribution is 2.42. The highest BCUT2D eigenvalue weighted by atomic mass is 16.5. The number of ketones is 2. The number of carbonyl (C=O) groups excluding carboxylic acids is 3. The average molecular weight is 360 g/mol. The summed E-state index contributed by atoms with van der Waals surface area (Å²) >= 11 is 0. The molecule has 1 heterocycles. The van der Waals surface area contributed by atoms with E-state index in [2.05, 4.69) is 4.74 Å². The molecule has 2 aliphatic rings. The molecule has 0 N–H and O–H groups in total. The fourth-order valence-corrected chi connectivity index (χ4v) is 3.56. The first-order chi connectivity index (χ1) is 12.4. The lowest BCUT2D eigenvalue weighted by Crippen LogP contribution is -2.38. The molecule has 0 bridgehead atoms. The second-order valence-electron chi connectivity index (χ2n) is 6.16. The molecular weight excluding hydrogens is 340 g/mol. The molecule has 0 aromatic heterocycles. The number of hydrogen-bond donors (Lipinski definition) is 0. The summed E-state index contributed by atoms with van der Waals surface area (Å²) in [7, 11) is 4.18. The van der Waals surface area contributed by atoms with Crippen LogP contribution in [-0.2, 0) is 14.3 Å². The van der Waals surface area contributed by atoms with Crippen LogP contribution in [0.5, 0.6) is 11.5 Å². The second kappa shape index (κ2) is 6.92.